The molecule has 1 fully saturated rings. The predicted octanol–water partition coefficient (Wildman–Crippen LogP) is 2.46. The molecule has 1 aliphatic heterocycles. The predicted molar refractivity (Wildman–Crippen MR) is 102 cm³/mol. The third-order valence-electron chi connectivity index (χ3n) is 3.83. The lowest BCUT2D eigenvalue weighted by Crippen LogP contribution is -2.45. The summed E-state index contributed by atoms with van der Waals surface area (Å²) >= 11 is 7.96. The zero-order valence-electron chi connectivity index (χ0n) is 13.9. The van der Waals surface area contributed by atoms with Gasteiger partial charge in [-0.05, 0) is 30.9 Å². The molecular formula is C16H25ClN4OS. The van der Waals surface area contributed by atoms with Crippen molar-refractivity contribution in [1.29, 1.82) is 0 Å². The molecule has 0 bridgehead atoms. The van der Waals surface area contributed by atoms with Crippen LogP contribution in [0.1, 0.15) is 6.42 Å². The summed E-state index contributed by atoms with van der Waals surface area (Å²) in [5, 5.41) is 7.56. The molecule has 1 atom stereocenters. The van der Waals surface area contributed by atoms with Crippen LogP contribution in [0, 0.1) is 0 Å². The molecule has 5 nitrogen and oxygen atoms in total. The van der Waals surface area contributed by atoms with Crippen molar-refractivity contribution in [1.82, 2.24) is 10.6 Å². The van der Waals surface area contributed by atoms with Crippen molar-refractivity contribution in [3.8, 4) is 5.75 Å². The first-order valence-corrected chi connectivity index (χ1v) is 9.49. The molecule has 0 saturated carbocycles. The van der Waals surface area contributed by atoms with Crippen LogP contribution in [0.15, 0.2) is 23.2 Å². The van der Waals surface area contributed by atoms with Crippen LogP contribution in [0.3, 0.4) is 0 Å². The van der Waals surface area contributed by atoms with E-state index < -0.39 is 0 Å². The van der Waals surface area contributed by atoms with E-state index in [1.165, 1.54) is 0 Å². The first-order chi connectivity index (χ1) is 11.2. The number of guanidine groups is 1. The van der Waals surface area contributed by atoms with Gasteiger partial charge in [-0.15, -0.1) is 0 Å². The molecule has 0 radical (unpaired) electrons. The Labute approximate surface area is 147 Å². The van der Waals surface area contributed by atoms with E-state index in [0.717, 1.165) is 54.2 Å². The molecule has 1 aromatic carbocycles. The molecule has 2 rings (SSSR count). The van der Waals surface area contributed by atoms with Crippen LogP contribution in [0.4, 0.5) is 5.69 Å². The number of ether oxygens (including phenoxy) is 1. The number of benzene rings is 1. The van der Waals surface area contributed by atoms with Gasteiger partial charge in [0.2, 0.25) is 0 Å². The topological polar surface area (TPSA) is 48.9 Å². The molecule has 128 valence electrons. The van der Waals surface area contributed by atoms with Crippen LogP contribution in [0.5, 0.6) is 5.75 Å². The van der Waals surface area contributed by atoms with Gasteiger partial charge in [0.15, 0.2) is 5.96 Å². The third kappa shape index (κ3) is 5.11. The van der Waals surface area contributed by atoms with Crippen LogP contribution in [-0.2, 0) is 0 Å². The van der Waals surface area contributed by atoms with E-state index in [0.29, 0.717) is 6.04 Å². The molecule has 1 unspecified atom stereocenters. The van der Waals surface area contributed by atoms with Crippen molar-refractivity contribution < 1.29 is 4.74 Å². The van der Waals surface area contributed by atoms with Crippen molar-refractivity contribution in [3.63, 3.8) is 0 Å². The normalized spacial score (nSPS) is 18.2. The van der Waals surface area contributed by atoms with E-state index in [9.17, 15) is 0 Å². The quantitative estimate of drug-likeness (QED) is 0.466. The first-order valence-electron chi connectivity index (χ1n) is 7.72. The standard InChI is InChI=1S/C16H25ClN4OS/c1-18-16(19-7-9-23-3)20-13-6-8-21(11-13)14-10-12(17)4-5-15(14)22-2/h4-5,10,13H,6-9,11H2,1-3H3,(H2,18,19,20). The number of nitrogens with zero attached hydrogens (tertiary/aromatic N) is 2. The van der Waals surface area contributed by atoms with E-state index in [-0.39, 0.29) is 0 Å². The highest BCUT2D eigenvalue weighted by Crippen LogP contribution is 2.33. The number of rotatable bonds is 6. The fourth-order valence-corrected chi connectivity index (χ4v) is 3.14. The second-order valence-corrected chi connectivity index (χ2v) is 6.81. The first kappa shape index (κ1) is 18.1. The lowest BCUT2D eigenvalue weighted by Gasteiger charge is -2.22. The van der Waals surface area contributed by atoms with Gasteiger partial charge < -0.3 is 20.3 Å². The Hall–Kier alpha value is -1.27. The summed E-state index contributed by atoms with van der Waals surface area (Å²) in [7, 11) is 3.50. The minimum atomic E-state index is 0.360. The van der Waals surface area contributed by atoms with Gasteiger partial charge in [-0.3, -0.25) is 4.99 Å². The Morgan fingerprint density at radius 1 is 1.52 bits per heavy atom. The number of hydrogen-bond acceptors (Lipinski definition) is 4. The number of nitrogens with one attached hydrogen (secondary N) is 2. The number of hydrogen-bond donors (Lipinski definition) is 2. The molecule has 7 heteroatoms. The van der Waals surface area contributed by atoms with Crippen molar-refractivity contribution in [2.24, 2.45) is 4.99 Å². The summed E-state index contributed by atoms with van der Waals surface area (Å²) in [6.07, 6.45) is 3.16. The number of methoxy groups -OCH3 is 1. The Balaban J connectivity index is 1.94. The zero-order valence-corrected chi connectivity index (χ0v) is 15.5. The number of thioether (sulfide) groups is 1. The zero-order chi connectivity index (χ0) is 16.7. The van der Waals surface area contributed by atoms with Gasteiger partial charge >= 0.3 is 0 Å². The maximum atomic E-state index is 6.14. The smallest absolute Gasteiger partial charge is 0.191 e. The second-order valence-electron chi connectivity index (χ2n) is 5.38. The van der Waals surface area contributed by atoms with E-state index in [4.69, 9.17) is 16.3 Å². The minimum Gasteiger partial charge on any atom is -0.495 e. The average molecular weight is 357 g/mol. The van der Waals surface area contributed by atoms with Gasteiger partial charge in [0.05, 0.1) is 12.8 Å². The summed E-state index contributed by atoms with van der Waals surface area (Å²) in [4.78, 5) is 6.59. The van der Waals surface area contributed by atoms with Crippen molar-refractivity contribution in [2.45, 2.75) is 12.5 Å². The SMILES string of the molecule is CN=C(NCCSC)NC1CCN(c2cc(Cl)ccc2OC)C1. The van der Waals surface area contributed by atoms with E-state index in [1.54, 1.807) is 14.2 Å². The fourth-order valence-electron chi connectivity index (χ4n) is 2.67. The summed E-state index contributed by atoms with van der Waals surface area (Å²) in [6, 6.07) is 6.10. The van der Waals surface area contributed by atoms with Gasteiger partial charge in [-0.2, -0.15) is 11.8 Å². The number of anilines is 1. The molecule has 1 heterocycles. The highest BCUT2D eigenvalue weighted by molar-refractivity contribution is 7.98. The molecule has 0 aliphatic carbocycles. The van der Waals surface area contributed by atoms with Crippen LogP contribution in [-0.4, -0.2) is 57.8 Å². The van der Waals surface area contributed by atoms with Gasteiger partial charge in [0.25, 0.3) is 0 Å². The van der Waals surface area contributed by atoms with Crippen LogP contribution >= 0.6 is 23.4 Å². The molecule has 0 aromatic heterocycles. The van der Waals surface area contributed by atoms with Crippen LogP contribution in [0.2, 0.25) is 5.02 Å². The summed E-state index contributed by atoms with van der Waals surface area (Å²) in [5.41, 5.74) is 1.05. The summed E-state index contributed by atoms with van der Waals surface area (Å²) in [5.74, 6) is 2.79. The van der Waals surface area contributed by atoms with Crippen molar-refractivity contribution >= 4 is 35.0 Å². The van der Waals surface area contributed by atoms with Crippen LogP contribution < -0.4 is 20.3 Å². The van der Waals surface area contributed by atoms with Gasteiger partial charge in [-0.25, -0.2) is 0 Å². The number of halogens is 1. The maximum absolute atomic E-state index is 6.14. The van der Waals surface area contributed by atoms with Gasteiger partial charge in [0, 0.05) is 43.5 Å². The molecular weight excluding hydrogens is 332 g/mol. The largest absolute Gasteiger partial charge is 0.495 e. The maximum Gasteiger partial charge on any atom is 0.191 e. The lowest BCUT2D eigenvalue weighted by atomic mass is 10.2. The third-order valence-corrected chi connectivity index (χ3v) is 4.68. The molecule has 1 saturated heterocycles. The second kappa shape index (κ2) is 9.13. The molecule has 0 amide bonds. The van der Waals surface area contributed by atoms with Crippen LogP contribution in [0.25, 0.3) is 0 Å². The van der Waals surface area contributed by atoms with Crippen molar-refractivity contribution in [2.75, 3.05) is 50.7 Å². The molecule has 2 N–H and O–H groups in total. The Morgan fingerprint density at radius 3 is 3.04 bits per heavy atom. The minimum absolute atomic E-state index is 0.360. The van der Waals surface area contributed by atoms with E-state index in [1.807, 2.05) is 30.0 Å². The Kier molecular flexibility index (Phi) is 7.17. The highest BCUT2D eigenvalue weighted by atomic mass is 35.5. The Bertz CT molecular complexity index is 541. The molecule has 1 aliphatic rings. The number of aliphatic imine (C=N–C) groups is 1. The van der Waals surface area contributed by atoms with Crippen molar-refractivity contribution in [3.05, 3.63) is 23.2 Å². The average Bonchev–Trinajstić information content (AvgIpc) is 3.02. The Morgan fingerprint density at radius 2 is 2.35 bits per heavy atom. The molecule has 0 spiro atoms. The summed E-state index contributed by atoms with van der Waals surface area (Å²) < 4.78 is 5.46. The lowest BCUT2D eigenvalue weighted by molar-refractivity contribution is 0.415. The van der Waals surface area contributed by atoms with E-state index >= 15 is 0 Å². The molecule has 23 heavy (non-hydrogen) atoms. The van der Waals surface area contributed by atoms with Gasteiger partial charge in [0.1, 0.15) is 5.75 Å². The fraction of sp³-hybridized carbons (Fsp3) is 0.562. The summed E-state index contributed by atoms with van der Waals surface area (Å²) in [6.45, 7) is 2.79. The highest BCUT2D eigenvalue weighted by Gasteiger charge is 2.25. The van der Waals surface area contributed by atoms with E-state index in [2.05, 4.69) is 26.8 Å². The van der Waals surface area contributed by atoms with Gasteiger partial charge in [-0.1, -0.05) is 11.6 Å². The monoisotopic (exact) mass is 356 g/mol. The molecule has 1 aromatic rings.